The van der Waals surface area contributed by atoms with E-state index in [9.17, 15) is 4.79 Å². The van der Waals surface area contributed by atoms with Gasteiger partial charge in [0.05, 0.1) is 7.05 Å². The van der Waals surface area contributed by atoms with Gasteiger partial charge in [0.1, 0.15) is 6.54 Å². The number of nitrogens with one attached hydrogen (secondary N) is 2. The highest BCUT2D eigenvalue weighted by Crippen LogP contribution is 2.14. The minimum atomic E-state index is -0.0847. The molecule has 2 N–H and O–H groups in total. The zero-order valence-electron chi connectivity index (χ0n) is 15.2. The van der Waals surface area contributed by atoms with Crippen LogP contribution >= 0.6 is 0 Å². The van der Waals surface area contributed by atoms with Crippen molar-refractivity contribution in [1.29, 1.82) is 0 Å². The summed E-state index contributed by atoms with van der Waals surface area (Å²) in [7, 11) is 2.07. The van der Waals surface area contributed by atoms with Gasteiger partial charge in [0.25, 0.3) is 5.91 Å². The lowest BCUT2D eigenvalue weighted by atomic mass is 10.0. The lowest BCUT2D eigenvalue weighted by Gasteiger charge is -2.21. The molecule has 128 valence electrons. The molecule has 0 heterocycles. The second kappa shape index (κ2) is 8.65. The number of carbonyl (C=O) groups is 1. The van der Waals surface area contributed by atoms with Gasteiger partial charge in [0.15, 0.2) is 6.04 Å². The predicted molar refractivity (Wildman–Crippen MR) is 98.9 cm³/mol. The van der Waals surface area contributed by atoms with E-state index in [1.807, 2.05) is 37.3 Å². The number of likely N-dealkylation sites (N-methyl/N-ethyl adjacent to an activating group) is 1. The first-order chi connectivity index (χ1) is 11.5. The van der Waals surface area contributed by atoms with Crippen LogP contribution in [0.25, 0.3) is 0 Å². The van der Waals surface area contributed by atoms with E-state index < -0.39 is 0 Å². The molecule has 0 spiro atoms. The maximum absolute atomic E-state index is 12.4. The molecule has 0 aliphatic heterocycles. The minimum Gasteiger partial charge on any atom is -0.347 e. The molecule has 0 bridgehead atoms. The summed E-state index contributed by atoms with van der Waals surface area (Å²) in [5, 5.41) is 3.03. The number of quaternary nitrogens is 1. The molecule has 1 amide bonds. The molecule has 0 saturated heterocycles. The first kappa shape index (κ1) is 18.2. The van der Waals surface area contributed by atoms with Crippen molar-refractivity contribution in [2.75, 3.05) is 7.05 Å². The molecule has 0 aromatic heterocycles. The summed E-state index contributed by atoms with van der Waals surface area (Å²) in [6.07, 6.45) is 0. The Morgan fingerprint density at radius 1 is 0.958 bits per heavy atom. The van der Waals surface area contributed by atoms with Crippen LogP contribution in [0.3, 0.4) is 0 Å². The number of amides is 1. The Bertz CT molecular complexity index is 635. The normalized spacial score (nSPS) is 13.5. The summed E-state index contributed by atoms with van der Waals surface area (Å²) in [4.78, 5) is 13.6. The fourth-order valence-electron chi connectivity index (χ4n) is 2.66. The van der Waals surface area contributed by atoms with Crippen molar-refractivity contribution in [2.24, 2.45) is 0 Å². The highest BCUT2D eigenvalue weighted by Gasteiger charge is 2.21. The van der Waals surface area contributed by atoms with Crippen LogP contribution in [0.15, 0.2) is 54.6 Å². The molecule has 1 unspecified atom stereocenters. The predicted octanol–water partition coefficient (Wildman–Crippen LogP) is 2.53. The molecule has 0 aliphatic carbocycles. The Morgan fingerprint density at radius 3 is 2.17 bits per heavy atom. The largest absolute Gasteiger partial charge is 0.347 e. The molecule has 0 fully saturated rings. The molecular formula is C21H29N2O+. The van der Waals surface area contributed by atoms with Gasteiger partial charge in [-0.1, -0.05) is 68.4 Å². The van der Waals surface area contributed by atoms with Gasteiger partial charge in [-0.3, -0.25) is 4.79 Å². The van der Waals surface area contributed by atoms with Crippen molar-refractivity contribution in [3.63, 3.8) is 0 Å². The first-order valence-electron chi connectivity index (χ1n) is 8.70. The Hall–Kier alpha value is -2.13. The topological polar surface area (TPSA) is 33.5 Å². The van der Waals surface area contributed by atoms with E-state index in [0.717, 1.165) is 12.1 Å². The van der Waals surface area contributed by atoms with Crippen molar-refractivity contribution >= 4 is 5.91 Å². The average molecular weight is 325 g/mol. The monoisotopic (exact) mass is 325 g/mol. The van der Waals surface area contributed by atoms with Gasteiger partial charge in [-0.05, 0) is 24.0 Å². The highest BCUT2D eigenvalue weighted by atomic mass is 16.2. The fraction of sp³-hybridized carbons (Fsp3) is 0.381. The van der Waals surface area contributed by atoms with E-state index >= 15 is 0 Å². The lowest BCUT2D eigenvalue weighted by Crippen LogP contribution is -3.12. The van der Waals surface area contributed by atoms with Crippen molar-refractivity contribution in [2.45, 2.75) is 45.8 Å². The number of carbonyl (C=O) groups excluding carboxylic acids is 1. The van der Waals surface area contributed by atoms with E-state index in [-0.39, 0.29) is 11.9 Å². The molecule has 2 rings (SSSR count). The van der Waals surface area contributed by atoms with Crippen LogP contribution in [0.5, 0.6) is 0 Å². The SMILES string of the molecule is CC(C)c1ccc(C[NH+](C)[C@@H](C)C(=O)NCc2ccccc2)cc1. The first-order valence-corrected chi connectivity index (χ1v) is 8.70. The maximum atomic E-state index is 12.4. The van der Waals surface area contributed by atoms with Gasteiger partial charge in [-0.15, -0.1) is 0 Å². The van der Waals surface area contributed by atoms with Crippen LogP contribution < -0.4 is 10.2 Å². The van der Waals surface area contributed by atoms with Gasteiger partial charge < -0.3 is 10.2 Å². The molecule has 2 aromatic carbocycles. The zero-order chi connectivity index (χ0) is 17.5. The van der Waals surface area contributed by atoms with E-state index in [4.69, 9.17) is 0 Å². The average Bonchev–Trinajstić information content (AvgIpc) is 2.60. The molecule has 24 heavy (non-hydrogen) atoms. The Balaban J connectivity index is 1.86. The van der Waals surface area contributed by atoms with E-state index in [2.05, 4.69) is 50.5 Å². The second-order valence-corrected chi connectivity index (χ2v) is 6.84. The standard InChI is InChI=1S/C21H28N2O/c1-16(2)20-12-10-19(11-13-20)15-23(4)17(3)21(24)22-14-18-8-6-5-7-9-18/h5-13,16-17H,14-15H2,1-4H3,(H,22,24)/p+1/t17-/m0/s1. The van der Waals surface area contributed by atoms with Crippen LogP contribution in [-0.4, -0.2) is 19.0 Å². The number of rotatable bonds is 7. The summed E-state index contributed by atoms with van der Waals surface area (Å²) in [6, 6.07) is 18.7. The summed E-state index contributed by atoms with van der Waals surface area (Å²) in [5.74, 6) is 0.641. The summed E-state index contributed by atoms with van der Waals surface area (Å²) < 4.78 is 0. The van der Waals surface area contributed by atoms with Crippen LogP contribution in [-0.2, 0) is 17.9 Å². The number of benzene rings is 2. The number of hydrogen-bond donors (Lipinski definition) is 2. The molecule has 3 nitrogen and oxygen atoms in total. The molecule has 0 aliphatic rings. The molecule has 2 atom stereocenters. The van der Waals surface area contributed by atoms with Gasteiger partial charge in [-0.2, -0.15) is 0 Å². The number of hydrogen-bond acceptors (Lipinski definition) is 1. The molecule has 3 heteroatoms. The third-order valence-corrected chi connectivity index (χ3v) is 4.57. The Kier molecular flexibility index (Phi) is 6.56. The zero-order valence-corrected chi connectivity index (χ0v) is 15.2. The third-order valence-electron chi connectivity index (χ3n) is 4.57. The lowest BCUT2D eigenvalue weighted by molar-refractivity contribution is -0.908. The van der Waals surface area contributed by atoms with Gasteiger partial charge in [-0.25, -0.2) is 0 Å². The van der Waals surface area contributed by atoms with Crippen molar-refractivity contribution in [1.82, 2.24) is 5.32 Å². The van der Waals surface area contributed by atoms with Crippen LogP contribution in [0.1, 0.15) is 43.4 Å². The third kappa shape index (κ3) is 5.20. The summed E-state index contributed by atoms with van der Waals surface area (Å²) in [6.45, 7) is 7.81. The van der Waals surface area contributed by atoms with Crippen LogP contribution in [0, 0.1) is 0 Å². The van der Waals surface area contributed by atoms with Crippen LogP contribution in [0.4, 0.5) is 0 Å². The molecule has 0 saturated carbocycles. The fourth-order valence-corrected chi connectivity index (χ4v) is 2.66. The van der Waals surface area contributed by atoms with E-state index in [0.29, 0.717) is 12.5 Å². The van der Waals surface area contributed by atoms with Crippen molar-refractivity contribution < 1.29 is 9.69 Å². The smallest absolute Gasteiger partial charge is 0.278 e. The molecule has 0 radical (unpaired) electrons. The van der Waals surface area contributed by atoms with Gasteiger partial charge in [0.2, 0.25) is 0 Å². The van der Waals surface area contributed by atoms with Crippen molar-refractivity contribution in [3.8, 4) is 0 Å². The summed E-state index contributed by atoms with van der Waals surface area (Å²) in [5.41, 5.74) is 3.74. The van der Waals surface area contributed by atoms with Crippen molar-refractivity contribution in [3.05, 3.63) is 71.3 Å². The van der Waals surface area contributed by atoms with Crippen LogP contribution in [0.2, 0.25) is 0 Å². The second-order valence-electron chi connectivity index (χ2n) is 6.84. The Labute approximate surface area is 145 Å². The maximum Gasteiger partial charge on any atom is 0.278 e. The van der Waals surface area contributed by atoms with E-state index in [1.54, 1.807) is 0 Å². The molecule has 2 aromatic rings. The van der Waals surface area contributed by atoms with Gasteiger partial charge >= 0.3 is 0 Å². The van der Waals surface area contributed by atoms with E-state index in [1.165, 1.54) is 16.0 Å². The van der Waals surface area contributed by atoms with Gasteiger partial charge in [0, 0.05) is 12.1 Å². The highest BCUT2D eigenvalue weighted by molar-refractivity contribution is 5.79. The Morgan fingerprint density at radius 2 is 1.58 bits per heavy atom. The molecular weight excluding hydrogens is 296 g/mol. The quantitative estimate of drug-likeness (QED) is 0.806. The summed E-state index contributed by atoms with van der Waals surface area (Å²) >= 11 is 0. The minimum absolute atomic E-state index is 0.0847.